The van der Waals surface area contributed by atoms with E-state index < -0.39 is 6.10 Å². The van der Waals surface area contributed by atoms with Gasteiger partial charge in [0, 0.05) is 19.3 Å². The smallest absolute Gasteiger partial charge is 0.293 e. The molecular formula is C26H24FN3O4S. The highest BCUT2D eigenvalue weighted by Gasteiger charge is 2.34. The van der Waals surface area contributed by atoms with Gasteiger partial charge >= 0.3 is 0 Å². The molecule has 1 saturated heterocycles. The number of rotatable bonds is 10. The molecule has 7 nitrogen and oxygen atoms in total. The van der Waals surface area contributed by atoms with Crippen molar-refractivity contribution in [3.63, 3.8) is 0 Å². The Labute approximate surface area is 206 Å². The number of nitrogens with zero attached hydrogens (tertiary/aromatic N) is 2. The second kappa shape index (κ2) is 11.7. The lowest BCUT2D eigenvalue weighted by Gasteiger charge is -2.13. The summed E-state index contributed by atoms with van der Waals surface area (Å²) in [5.74, 6) is -0.177. The van der Waals surface area contributed by atoms with Gasteiger partial charge in [0.2, 0.25) is 0 Å². The van der Waals surface area contributed by atoms with Crippen LogP contribution in [0.25, 0.3) is 6.08 Å². The van der Waals surface area contributed by atoms with Gasteiger partial charge in [0.1, 0.15) is 24.3 Å². The Bertz CT molecular complexity index is 1190. The van der Waals surface area contributed by atoms with Gasteiger partial charge in [0.25, 0.3) is 11.1 Å². The molecule has 2 heterocycles. The van der Waals surface area contributed by atoms with Gasteiger partial charge < -0.3 is 15.2 Å². The van der Waals surface area contributed by atoms with Crippen LogP contribution >= 0.6 is 11.8 Å². The number of nitrogens with one attached hydrogen (secondary N) is 1. The summed E-state index contributed by atoms with van der Waals surface area (Å²) in [6, 6.07) is 18.4. The lowest BCUT2D eigenvalue weighted by molar-refractivity contribution is -0.123. The summed E-state index contributed by atoms with van der Waals surface area (Å²) in [7, 11) is 0. The number of ether oxygens (including phenoxy) is 1. The standard InChI is InChI=1S/C26H24FN3O4S/c27-20-8-4-19(5-9-20)16-30-25(32)24(35-26(30)33)13-18-6-10-23(11-7-18)34-17-22(31)15-28-14-21-3-1-2-12-29-21/h1-13,22,28,31H,14-17H2/b24-13-. The number of amides is 2. The number of hydrogen-bond acceptors (Lipinski definition) is 7. The molecule has 0 spiro atoms. The SMILES string of the molecule is O=C1S/C(=C\c2ccc(OCC(O)CNCc3ccccn3)cc2)C(=O)N1Cc1ccc(F)cc1. The number of aliphatic hydroxyl groups excluding tert-OH is 1. The van der Waals surface area contributed by atoms with Crippen molar-refractivity contribution in [3.8, 4) is 5.75 Å². The van der Waals surface area contributed by atoms with Crippen molar-refractivity contribution in [2.24, 2.45) is 0 Å². The fraction of sp³-hybridized carbons (Fsp3) is 0.192. The fourth-order valence-corrected chi connectivity index (χ4v) is 4.18. The Morgan fingerprint density at radius 3 is 2.57 bits per heavy atom. The third kappa shape index (κ3) is 6.98. The summed E-state index contributed by atoms with van der Waals surface area (Å²) in [5.41, 5.74) is 2.30. The number of benzene rings is 2. The molecule has 35 heavy (non-hydrogen) atoms. The van der Waals surface area contributed by atoms with Crippen molar-refractivity contribution in [1.29, 1.82) is 0 Å². The second-order valence-electron chi connectivity index (χ2n) is 7.88. The van der Waals surface area contributed by atoms with Crippen LogP contribution < -0.4 is 10.1 Å². The zero-order chi connectivity index (χ0) is 24.6. The van der Waals surface area contributed by atoms with E-state index in [-0.39, 0.29) is 30.1 Å². The summed E-state index contributed by atoms with van der Waals surface area (Å²) in [6.45, 7) is 1.13. The highest BCUT2D eigenvalue weighted by molar-refractivity contribution is 8.18. The zero-order valence-corrected chi connectivity index (χ0v) is 19.6. The molecule has 2 amide bonds. The maximum atomic E-state index is 13.1. The Balaban J connectivity index is 1.26. The van der Waals surface area contributed by atoms with Crippen molar-refractivity contribution >= 4 is 29.0 Å². The topological polar surface area (TPSA) is 91.8 Å². The minimum Gasteiger partial charge on any atom is -0.491 e. The zero-order valence-electron chi connectivity index (χ0n) is 18.8. The lowest BCUT2D eigenvalue weighted by Crippen LogP contribution is -2.31. The predicted octanol–water partition coefficient (Wildman–Crippen LogP) is 3.99. The van der Waals surface area contributed by atoms with Gasteiger partial charge in [0.05, 0.1) is 17.1 Å². The molecule has 1 aromatic heterocycles. The number of thioether (sulfide) groups is 1. The molecule has 2 aromatic carbocycles. The van der Waals surface area contributed by atoms with Crippen LogP contribution in [0.4, 0.5) is 9.18 Å². The molecule has 1 aliphatic heterocycles. The maximum absolute atomic E-state index is 13.1. The number of halogens is 1. The summed E-state index contributed by atoms with van der Waals surface area (Å²) in [5, 5.41) is 12.9. The van der Waals surface area contributed by atoms with E-state index in [9.17, 15) is 19.1 Å². The molecule has 1 fully saturated rings. The lowest BCUT2D eigenvalue weighted by atomic mass is 10.2. The summed E-state index contributed by atoms with van der Waals surface area (Å²) >= 11 is 0.872. The predicted molar refractivity (Wildman–Crippen MR) is 132 cm³/mol. The number of imide groups is 1. The van der Waals surface area contributed by atoms with E-state index in [1.165, 1.54) is 12.1 Å². The summed E-state index contributed by atoms with van der Waals surface area (Å²) < 4.78 is 18.7. The number of hydrogen-bond donors (Lipinski definition) is 2. The van der Waals surface area contributed by atoms with E-state index in [0.29, 0.717) is 29.3 Å². The monoisotopic (exact) mass is 493 g/mol. The Hall–Kier alpha value is -3.53. The Morgan fingerprint density at radius 1 is 1.09 bits per heavy atom. The number of aromatic nitrogens is 1. The van der Waals surface area contributed by atoms with E-state index in [4.69, 9.17) is 4.74 Å². The molecule has 2 N–H and O–H groups in total. The van der Waals surface area contributed by atoms with Gasteiger partial charge in [-0.3, -0.25) is 19.5 Å². The average molecular weight is 494 g/mol. The fourth-order valence-electron chi connectivity index (χ4n) is 3.34. The molecule has 0 radical (unpaired) electrons. The molecule has 4 rings (SSSR count). The third-order valence-corrected chi connectivity index (χ3v) is 6.07. The van der Waals surface area contributed by atoms with Gasteiger partial charge in [-0.1, -0.05) is 30.3 Å². The van der Waals surface area contributed by atoms with Gasteiger partial charge in [-0.2, -0.15) is 0 Å². The highest BCUT2D eigenvalue weighted by atomic mass is 32.2. The van der Waals surface area contributed by atoms with E-state index >= 15 is 0 Å². The summed E-state index contributed by atoms with van der Waals surface area (Å²) in [6.07, 6.45) is 2.68. The van der Waals surface area contributed by atoms with Gasteiger partial charge in [0.15, 0.2) is 0 Å². The molecule has 0 bridgehead atoms. The van der Waals surface area contributed by atoms with E-state index in [2.05, 4.69) is 10.3 Å². The second-order valence-corrected chi connectivity index (χ2v) is 8.87. The average Bonchev–Trinajstić information content (AvgIpc) is 3.13. The van der Waals surface area contributed by atoms with E-state index in [1.807, 2.05) is 18.2 Å². The molecule has 1 unspecified atom stereocenters. The van der Waals surface area contributed by atoms with Crippen LogP contribution in [0, 0.1) is 5.82 Å². The molecular weight excluding hydrogens is 469 g/mol. The van der Waals surface area contributed by atoms with Crippen LogP contribution in [0.15, 0.2) is 77.8 Å². The van der Waals surface area contributed by atoms with E-state index in [0.717, 1.165) is 27.9 Å². The van der Waals surface area contributed by atoms with Crippen molar-refractivity contribution in [3.05, 3.63) is 100 Å². The largest absolute Gasteiger partial charge is 0.491 e. The molecule has 180 valence electrons. The maximum Gasteiger partial charge on any atom is 0.293 e. The van der Waals surface area contributed by atoms with Crippen molar-refractivity contribution < 1.29 is 23.8 Å². The van der Waals surface area contributed by atoms with Gasteiger partial charge in [-0.05, 0) is 65.4 Å². The molecule has 1 aliphatic rings. The van der Waals surface area contributed by atoms with Crippen molar-refractivity contribution in [2.45, 2.75) is 19.2 Å². The van der Waals surface area contributed by atoms with Crippen LogP contribution in [0.2, 0.25) is 0 Å². The van der Waals surface area contributed by atoms with Crippen LogP contribution in [-0.2, 0) is 17.9 Å². The number of carbonyl (C=O) groups excluding carboxylic acids is 2. The Morgan fingerprint density at radius 2 is 1.86 bits per heavy atom. The van der Waals surface area contributed by atoms with Gasteiger partial charge in [-0.15, -0.1) is 0 Å². The summed E-state index contributed by atoms with van der Waals surface area (Å²) in [4.78, 5) is 30.7. The van der Waals surface area contributed by atoms with Crippen LogP contribution in [0.5, 0.6) is 5.75 Å². The molecule has 1 atom stereocenters. The van der Waals surface area contributed by atoms with Crippen LogP contribution in [-0.4, -0.2) is 45.4 Å². The first-order valence-electron chi connectivity index (χ1n) is 11.0. The highest BCUT2D eigenvalue weighted by Crippen LogP contribution is 2.33. The molecule has 0 aliphatic carbocycles. The normalized spacial score (nSPS) is 15.6. The molecule has 0 saturated carbocycles. The molecule has 9 heteroatoms. The van der Waals surface area contributed by atoms with Gasteiger partial charge in [-0.25, -0.2) is 4.39 Å². The van der Waals surface area contributed by atoms with E-state index in [1.54, 1.807) is 48.7 Å². The third-order valence-electron chi connectivity index (χ3n) is 5.16. The number of aliphatic hydroxyl groups is 1. The van der Waals surface area contributed by atoms with Crippen molar-refractivity contribution in [2.75, 3.05) is 13.2 Å². The Kier molecular flexibility index (Phi) is 8.25. The van der Waals surface area contributed by atoms with Crippen LogP contribution in [0.3, 0.4) is 0 Å². The first-order valence-corrected chi connectivity index (χ1v) is 11.8. The first kappa shape index (κ1) is 24.6. The first-order chi connectivity index (χ1) is 17.0. The number of pyridine rings is 1. The quantitative estimate of drug-likeness (QED) is 0.413. The minimum atomic E-state index is -0.689. The minimum absolute atomic E-state index is 0.0914. The molecule has 3 aromatic rings. The van der Waals surface area contributed by atoms with Crippen LogP contribution in [0.1, 0.15) is 16.8 Å². The van der Waals surface area contributed by atoms with Crippen molar-refractivity contribution in [1.82, 2.24) is 15.2 Å². The number of carbonyl (C=O) groups is 2.